The predicted molar refractivity (Wildman–Crippen MR) is 228 cm³/mol. The van der Waals surface area contributed by atoms with Crippen molar-refractivity contribution in [1.29, 1.82) is 0 Å². The maximum Gasteiger partial charge on any atom is 0.243 e. The van der Waals surface area contributed by atoms with E-state index in [1.54, 1.807) is 0 Å². The molecule has 5 heteroatoms. The lowest BCUT2D eigenvalue weighted by molar-refractivity contribution is -0.145. The van der Waals surface area contributed by atoms with Crippen molar-refractivity contribution in [1.82, 2.24) is 15.1 Å². The summed E-state index contributed by atoms with van der Waals surface area (Å²) < 4.78 is 0. The van der Waals surface area contributed by atoms with E-state index >= 15 is 0 Å². The lowest BCUT2D eigenvalue weighted by Gasteiger charge is -2.42. The van der Waals surface area contributed by atoms with Gasteiger partial charge in [0.15, 0.2) is 0 Å². The van der Waals surface area contributed by atoms with E-state index in [1.807, 2.05) is 0 Å². The Kier molecular flexibility index (Phi) is 30.3. The van der Waals surface area contributed by atoms with Gasteiger partial charge >= 0.3 is 0 Å². The van der Waals surface area contributed by atoms with Crippen LogP contribution < -0.4 is 5.32 Å². The fourth-order valence-corrected chi connectivity index (χ4v) is 8.48. The molecule has 1 fully saturated rings. The fourth-order valence-electron chi connectivity index (χ4n) is 8.48. The second-order valence-electron chi connectivity index (χ2n) is 18.0. The third kappa shape index (κ3) is 25.1. The van der Waals surface area contributed by atoms with Crippen LogP contribution in [0.4, 0.5) is 0 Å². The first-order valence-electron chi connectivity index (χ1n) is 23.5. The van der Waals surface area contributed by atoms with Gasteiger partial charge in [-0.3, -0.25) is 9.59 Å². The first-order valence-corrected chi connectivity index (χ1v) is 23.5. The standard InChI is InChI=1S/C47H93N3O2/c1-8-12-15-18-21-23-24-27-29-32-35-42(34-31-28-26-22-19-16-13-9-2)41-50(44(51)36-33-30-25-20-17-14-10-3)45(46(52)48-47(5,6)7)43-37-39-49(11-4)40-38-43/h42-43,45H,8-41H2,1-7H3,(H,48,52). The Labute approximate surface area is 326 Å². The molecular weight excluding hydrogens is 639 g/mol. The average molecular weight is 732 g/mol. The number of likely N-dealkylation sites (tertiary alicyclic amines) is 1. The summed E-state index contributed by atoms with van der Waals surface area (Å²) >= 11 is 0. The number of hydrogen-bond donors (Lipinski definition) is 1. The number of unbranched alkanes of at least 4 members (excludes halogenated alkanes) is 22. The van der Waals surface area contributed by atoms with Gasteiger partial charge < -0.3 is 15.1 Å². The van der Waals surface area contributed by atoms with Crippen molar-refractivity contribution < 1.29 is 9.59 Å². The Balaban J connectivity index is 3.11. The normalized spacial score (nSPS) is 15.5. The Morgan fingerprint density at radius 2 is 0.981 bits per heavy atom. The predicted octanol–water partition coefficient (Wildman–Crippen LogP) is 13.4. The van der Waals surface area contributed by atoms with Crippen molar-refractivity contribution in [2.45, 2.75) is 253 Å². The molecule has 0 bridgehead atoms. The highest BCUT2D eigenvalue weighted by molar-refractivity contribution is 5.88. The number of carbonyl (C=O) groups is 2. The molecule has 52 heavy (non-hydrogen) atoms. The van der Waals surface area contributed by atoms with Gasteiger partial charge in [0.05, 0.1) is 0 Å². The molecule has 1 aliphatic heterocycles. The number of rotatable bonds is 34. The van der Waals surface area contributed by atoms with Gasteiger partial charge in [-0.2, -0.15) is 0 Å². The Hall–Kier alpha value is -1.10. The summed E-state index contributed by atoms with van der Waals surface area (Å²) in [5, 5.41) is 3.37. The van der Waals surface area contributed by atoms with Crippen molar-refractivity contribution in [3.63, 3.8) is 0 Å². The number of nitrogens with zero attached hydrogens (tertiary/aromatic N) is 2. The van der Waals surface area contributed by atoms with E-state index in [0.717, 1.165) is 51.9 Å². The third-order valence-electron chi connectivity index (χ3n) is 11.8. The molecule has 308 valence electrons. The Morgan fingerprint density at radius 1 is 0.596 bits per heavy atom. The van der Waals surface area contributed by atoms with Gasteiger partial charge in [0.25, 0.3) is 0 Å². The second-order valence-corrected chi connectivity index (χ2v) is 18.0. The molecular formula is C47H93N3O2. The van der Waals surface area contributed by atoms with Crippen LogP contribution >= 0.6 is 0 Å². The SMILES string of the molecule is CCCCCCCCCCCCC(CCCCCCCCCC)CN(C(=O)CCCCCCCCC)C(C(=O)NC(C)(C)C)C1CCN(CC)CC1. The number of amides is 2. The zero-order valence-corrected chi connectivity index (χ0v) is 36.5. The second kappa shape index (κ2) is 32.2. The average Bonchev–Trinajstić information content (AvgIpc) is 3.12. The molecule has 1 saturated heterocycles. The maximum absolute atomic E-state index is 14.5. The molecule has 2 unspecified atom stereocenters. The van der Waals surface area contributed by atoms with E-state index < -0.39 is 0 Å². The minimum atomic E-state index is -0.357. The highest BCUT2D eigenvalue weighted by Crippen LogP contribution is 2.29. The largest absolute Gasteiger partial charge is 0.350 e. The summed E-state index contributed by atoms with van der Waals surface area (Å²) in [7, 11) is 0. The molecule has 0 saturated carbocycles. The monoisotopic (exact) mass is 732 g/mol. The minimum Gasteiger partial charge on any atom is -0.350 e. The quantitative estimate of drug-likeness (QED) is 0.0671. The van der Waals surface area contributed by atoms with Gasteiger partial charge in [-0.25, -0.2) is 0 Å². The fraction of sp³-hybridized carbons (Fsp3) is 0.957. The molecule has 0 aromatic rings. The maximum atomic E-state index is 14.5. The summed E-state index contributed by atoms with van der Waals surface area (Å²) in [4.78, 5) is 33.5. The van der Waals surface area contributed by atoms with E-state index in [1.165, 1.54) is 161 Å². The van der Waals surface area contributed by atoms with Crippen molar-refractivity contribution in [2.24, 2.45) is 11.8 Å². The third-order valence-corrected chi connectivity index (χ3v) is 11.8. The van der Waals surface area contributed by atoms with E-state index in [9.17, 15) is 9.59 Å². The van der Waals surface area contributed by atoms with E-state index in [-0.39, 0.29) is 29.3 Å². The molecule has 0 aromatic carbocycles. The minimum absolute atomic E-state index is 0.0835. The van der Waals surface area contributed by atoms with Crippen LogP contribution in [-0.2, 0) is 9.59 Å². The van der Waals surface area contributed by atoms with Crippen LogP contribution in [0.3, 0.4) is 0 Å². The number of carbonyl (C=O) groups excluding carboxylic acids is 2. The van der Waals surface area contributed by atoms with Gasteiger partial charge in [-0.1, -0.05) is 182 Å². The zero-order chi connectivity index (χ0) is 38.3. The highest BCUT2D eigenvalue weighted by Gasteiger charge is 2.39. The van der Waals surface area contributed by atoms with E-state index in [0.29, 0.717) is 12.3 Å². The molecule has 0 aliphatic carbocycles. The number of piperidine rings is 1. The molecule has 1 rings (SSSR count). The Morgan fingerprint density at radius 3 is 1.37 bits per heavy atom. The van der Waals surface area contributed by atoms with Crippen molar-refractivity contribution in [2.75, 3.05) is 26.2 Å². The molecule has 1 heterocycles. The van der Waals surface area contributed by atoms with Crippen LogP contribution in [-0.4, -0.2) is 59.4 Å². The molecule has 0 aromatic heterocycles. The van der Waals surface area contributed by atoms with Crippen LogP contribution in [0.25, 0.3) is 0 Å². The lowest BCUT2D eigenvalue weighted by Crippen LogP contribution is -2.59. The summed E-state index contributed by atoms with van der Waals surface area (Å²) in [6.07, 6.45) is 37.6. The van der Waals surface area contributed by atoms with Crippen molar-refractivity contribution in [3.05, 3.63) is 0 Å². The zero-order valence-electron chi connectivity index (χ0n) is 36.5. The van der Waals surface area contributed by atoms with E-state index in [4.69, 9.17) is 0 Å². The van der Waals surface area contributed by atoms with Gasteiger partial charge in [0, 0.05) is 18.5 Å². The van der Waals surface area contributed by atoms with E-state index in [2.05, 4.69) is 63.6 Å². The van der Waals surface area contributed by atoms with Crippen molar-refractivity contribution in [3.8, 4) is 0 Å². The topological polar surface area (TPSA) is 52.7 Å². The first-order chi connectivity index (χ1) is 25.2. The smallest absolute Gasteiger partial charge is 0.243 e. The van der Waals surface area contributed by atoms with Gasteiger partial charge in [0.1, 0.15) is 6.04 Å². The molecule has 0 spiro atoms. The van der Waals surface area contributed by atoms with Crippen LogP contribution in [0.15, 0.2) is 0 Å². The van der Waals surface area contributed by atoms with Gasteiger partial charge in [-0.05, 0) is 84.3 Å². The van der Waals surface area contributed by atoms with Gasteiger partial charge in [0.2, 0.25) is 11.8 Å². The first kappa shape index (κ1) is 48.9. The van der Waals surface area contributed by atoms with Crippen LogP contribution in [0.5, 0.6) is 0 Å². The molecule has 1 N–H and O–H groups in total. The molecule has 0 radical (unpaired) electrons. The summed E-state index contributed by atoms with van der Waals surface area (Å²) in [5.41, 5.74) is -0.320. The van der Waals surface area contributed by atoms with Crippen molar-refractivity contribution >= 4 is 11.8 Å². The summed E-state index contributed by atoms with van der Waals surface area (Å²) in [6.45, 7) is 19.2. The van der Waals surface area contributed by atoms with Crippen LogP contribution in [0.1, 0.15) is 241 Å². The highest BCUT2D eigenvalue weighted by atomic mass is 16.2. The van der Waals surface area contributed by atoms with Crippen LogP contribution in [0.2, 0.25) is 0 Å². The molecule has 2 amide bonds. The number of hydrogen-bond acceptors (Lipinski definition) is 3. The summed E-state index contributed by atoms with van der Waals surface area (Å²) in [6, 6.07) is -0.357. The molecule has 2 atom stereocenters. The summed E-state index contributed by atoms with van der Waals surface area (Å²) in [5.74, 6) is 1.03. The molecule has 5 nitrogen and oxygen atoms in total. The lowest BCUT2D eigenvalue weighted by atomic mass is 9.85. The van der Waals surface area contributed by atoms with Gasteiger partial charge in [-0.15, -0.1) is 0 Å². The molecule has 1 aliphatic rings. The Bertz CT molecular complexity index is 831. The number of nitrogens with one attached hydrogen (secondary N) is 1. The van der Waals surface area contributed by atoms with Crippen LogP contribution in [0, 0.1) is 11.8 Å².